The second-order valence-corrected chi connectivity index (χ2v) is 4.11. The molecule has 2 N–H and O–H groups in total. The van der Waals surface area contributed by atoms with Crippen LogP contribution in [0.5, 0.6) is 5.75 Å². The van der Waals surface area contributed by atoms with Crippen molar-refractivity contribution in [3.05, 3.63) is 22.7 Å². The van der Waals surface area contributed by atoms with Gasteiger partial charge in [0.2, 0.25) is 0 Å². The fourth-order valence-electron chi connectivity index (χ4n) is 1.14. The zero-order chi connectivity index (χ0) is 15.0. The van der Waals surface area contributed by atoms with Crippen LogP contribution in [0.15, 0.2) is 12.1 Å². The minimum Gasteiger partial charge on any atom is -0.428 e. The van der Waals surface area contributed by atoms with Gasteiger partial charge < -0.3 is 10.5 Å². The minimum absolute atomic E-state index is 0.0300. The molecule has 0 spiro atoms. The van der Waals surface area contributed by atoms with Gasteiger partial charge in [0.05, 0.1) is 5.02 Å². The zero-order valence-electron chi connectivity index (χ0n) is 9.36. The van der Waals surface area contributed by atoms with E-state index in [1.807, 2.05) is 0 Å². The first kappa shape index (κ1) is 15.7. The van der Waals surface area contributed by atoms with Gasteiger partial charge in [0.1, 0.15) is 5.75 Å². The molecule has 0 fully saturated rings. The lowest BCUT2D eigenvalue weighted by Gasteiger charge is -2.23. The molecule has 0 saturated carbocycles. The Labute approximate surface area is 109 Å². The third kappa shape index (κ3) is 3.59. The van der Waals surface area contributed by atoms with Crippen molar-refractivity contribution in [3.8, 4) is 5.75 Å². The number of halogens is 7. The van der Waals surface area contributed by atoms with Crippen LogP contribution in [0, 0.1) is 6.92 Å². The highest BCUT2D eigenvalue weighted by atomic mass is 35.5. The van der Waals surface area contributed by atoms with Crippen LogP contribution >= 0.6 is 11.6 Å². The number of anilines is 1. The Morgan fingerprint density at radius 2 is 1.74 bits per heavy atom. The number of nitrogen functional groups attached to an aromatic ring is 1. The standard InChI is InChI=1S/C10H8ClF6NO/c1-4-2-5(11)7(3-6(4)18)19-10(16,17)8(12)9(13,14)15/h2-3,8H,18H2,1H3. The average Bonchev–Trinajstić information content (AvgIpc) is 2.23. The third-order valence-corrected chi connectivity index (χ3v) is 2.44. The molecule has 1 aromatic carbocycles. The highest BCUT2D eigenvalue weighted by molar-refractivity contribution is 6.32. The largest absolute Gasteiger partial charge is 0.439 e. The molecule has 0 aliphatic rings. The summed E-state index contributed by atoms with van der Waals surface area (Å²) in [5.41, 5.74) is 5.75. The molecule has 2 nitrogen and oxygen atoms in total. The van der Waals surface area contributed by atoms with E-state index in [0.29, 0.717) is 5.56 Å². The Bertz CT molecular complexity index is 476. The van der Waals surface area contributed by atoms with Crippen molar-refractivity contribution < 1.29 is 31.1 Å². The summed E-state index contributed by atoms with van der Waals surface area (Å²) in [7, 11) is 0. The molecule has 108 valence electrons. The van der Waals surface area contributed by atoms with Gasteiger partial charge in [-0.15, -0.1) is 0 Å². The predicted molar refractivity (Wildman–Crippen MR) is 57.1 cm³/mol. The molecule has 0 aromatic heterocycles. The molecular weight excluding hydrogens is 300 g/mol. The van der Waals surface area contributed by atoms with Gasteiger partial charge in [-0.05, 0) is 18.6 Å². The molecule has 0 aliphatic heterocycles. The summed E-state index contributed by atoms with van der Waals surface area (Å²) in [4.78, 5) is 0. The molecule has 1 rings (SSSR count). The lowest BCUT2D eigenvalue weighted by Crippen LogP contribution is -2.45. The molecule has 0 aliphatic carbocycles. The summed E-state index contributed by atoms with van der Waals surface area (Å²) in [6.45, 7) is 1.50. The lowest BCUT2D eigenvalue weighted by molar-refractivity contribution is -0.304. The maximum Gasteiger partial charge on any atom is 0.439 e. The number of rotatable bonds is 3. The van der Waals surface area contributed by atoms with Crippen molar-refractivity contribution in [1.82, 2.24) is 0 Å². The van der Waals surface area contributed by atoms with E-state index < -0.39 is 29.2 Å². The molecule has 9 heteroatoms. The Kier molecular flexibility index (Phi) is 4.14. The fourth-order valence-corrected chi connectivity index (χ4v) is 1.39. The summed E-state index contributed by atoms with van der Waals surface area (Å²) in [6.07, 6.45) is -15.3. The van der Waals surface area contributed by atoms with Crippen molar-refractivity contribution in [3.63, 3.8) is 0 Å². The minimum atomic E-state index is -5.76. The quantitative estimate of drug-likeness (QED) is 0.674. The number of ether oxygens (including phenoxy) is 1. The Balaban J connectivity index is 3.05. The van der Waals surface area contributed by atoms with Crippen molar-refractivity contribution in [2.24, 2.45) is 0 Å². The summed E-state index contributed by atoms with van der Waals surface area (Å²) in [5, 5.41) is -0.402. The van der Waals surface area contributed by atoms with Gasteiger partial charge in [-0.2, -0.15) is 22.0 Å². The van der Waals surface area contributed by atoms with Gasteiger partial charge in [-0.3, -0.25) is 0 Å². The Morgan fingerprint density at radius 1 is 1.21 bits per heavy atom. The molecule has 19 heavy (non-hydrogen) atoms. The molecular formula is C10H8ClF6NO. The Morgan fingerprint density at radius 3 is 2.21 bits per heavy atom. The van der Waals surface area contributed by atoms with E-state index in [-0.39, 0.29) is 5.69 Å². The highest BCUT2D eigenvalue weighted by Crippen LogP contribution is 2.39. The van der Waals surface area contributed by atoms with E-state index in [1.54, 1.807) is 0 Å². The molecule has 1 unspecified atom stereocenters. The van der Waals surface area contributed by atoms with E-state index in [4.69, 9.17) is 17.3 Å². The molecule has 1 aromatic rings. The normalized spacial score (nSPS) is 14.3. The number of alkyl halides is 6. The van der Waals surface area contributed by atoms with Crippen LogP contribution in [0.3, 0.4) is 0 Å². The van der Waals surface area contributed by atoms with Crippen LogP contribution in [-0.4, -0.2) is 18.5 Å². The zero-order valence-corrected chi connectivity index (χ0v) is 10.1. The molecule has 1 atom stereocenters. The molecule has 0 bridgehead atoms. The van der Waals surface area contributed by atoms with E-state index in [1.165, 1.54) is 6.92 Å². The van der Waals surface area contributed by atoms with Crippen LogP contribution in [0.2, 0.25) is 5.02 Å². The predicted octanol–water partition coefficient (Wildman–Crippen LogP) is 4.10. The number of nitrogens with two attached hydrogens (primary N) is 1. The van der Waals surface area contributed by atoms with E-state index in [2.05, 4.69) is 4.74 Å². The van der Waals surface area contributed by atoms with E-state index in [0.717, 1.165) is 12.1 Å². The van der Waals surface area contributed by atoms with Crippen molar-refractivity contribution in [2.75, 3.05) is 5.73 Å². The monoisotopic (exact) mass is 307 g/mol. The van der Waals surface area contributed by atoms with E-state index >= 15 is 0 Å². The fraction of sp³-hybridized carbons (Fsp3) is 0.400. The first-order chi connectivity index (χ1) is 8.45. The molecule has 0 saturated heterocycles. The number of hydrogen-bond acceptors (Lipinski definition) is 2. The van der Waals surface area contributed by atoms with Crippen LogP contribution in [-0.2, 0) is 0 Å². The summed E-state index contributed by atoms with van der Waals surface area (Å²) in [6, 6.07) is 1.91. The number of benzene rings is 1. The summed E-state index contributed by atoms with van der Waals surface area (Å²) >= 11 is 5.51. The number of aryl methyl sites for hydroxylation is 1. The lowest BCUT2D eigenvalue weighted by atomic mass is 10.2. The molecule has 0 amide bonds. The third-order valence-electron chi connectivity index (χ3n) is 2.15. The highest BCUT2D eigenvalue weighted by Gasteiger charge is 2.59. The number of hydrogen-bond donors (Lipinski definition) is 1. The smallest absolute Gasteiger partial charge is 0.428 e. The van der Waals surface area contributed by atoms with Crippen molar-refractivity contribution >= 4 is 17.3 Å². The average molecular weight is 308 g/mol. The van der Waals surface area contributed by atoms with Gasteiger partial charge in [-0.25, -0.2) is 4.39 Å². The van der Waals surface area contributed by atoms with Crippen LogP contribution < -0.4 is 10.5 Å². The van der Waals surface area contributed by atoms with E-state index in [9.17, 15) is 26.3 Å². The van der Waals surface area contributed by atoms with Gasteiger partial charge in [0.15, 0.2) is 0 Å². The van der Waals surface area contributed by atoms with Crippen LogP contribution in [0.1, 0.15) is 5.56 Å². The van der Waals surface area contributed by atoms with Gasteiger partial charge in [0.25, 0.3) is 6.17 Å². The molecule has 0 radical (unpaired) electrons. The first-order valence-corrected chi connectivity index (χ1v) is 5.16. The second-order valence-electron chi connectivity index (χ2n) is 3.71. The SMILES string of the molecule is Cc1cc(Cl)c(OC(F)(F)C(F)C(F)(F)F)cc1N. The summed E-state index contributed by atoms with van der Waals surface area (Å²) < 4.78 is 78.0. The summed E-state index contributed by atoms with van der Waals surface area (Å²) in [5.74, 6) is -0.832. The Hall–Kier alpha value is -1.31. The second kappa shape index (κ2) is 4.99. The maximum atomic E-state index is 13.0. The molecule has 0 heterocycles. The van der Waals surface area contributed by atoms with Crippen LogP contribution in [0.25, 0.3) is 0 Å². The topological polar surface area (TPSA) is 35.2 Å². The van der Waals surface area contributed by atoms with Gasteiger partial charge in [0, 0.05) is 11.8 Å². The maximum absolute atomic E-state index is 13.0. The first-order valence-electron chi connectivity index (χ1n) is 4.78. The van der Waals surface area contributed by atoms with Crippen molar-refractivity contribution in [1.29, 1.82) is 0 Å². The van der Waals surface area contributed by atoms with Crippen molar-refractivity contribution in [2.45, 2.75) is 25.4 Å². The van der Waals surface area contributed by atoms with Gasteiger partial charge >= 0.3 is 12.3 Å². The van der Waals surface area contributed by atoms with Gasteiger partial charge in [-0.1, -0.05) is 11.6 Å². The van der Waals surface area contributed by atoms with Crippen LogP contribution in [0.4, 0.5) is 32.0 Å².